The molecule has 18 heavy (non-hydrogen) atoms. The van der Waals surface area contributed by atoms with Crippen molar-refractivity contribution in [1.82, 2.24) is 0 Å². The summed E-state index contributed by atoms with van der Waals surface area (Å²) < 4.78 is 42.0. The van der Waals surface area contributed by atoms with Crippen molar-refractivity contribution >= 4 is 11.7 Å². The second-order valence-electron chi connectivity index (χ2n) is 3.62. The lowest BCUT2D eigenvalue weighted by Gasteiger charge is -2.16. The van der Waals surface area contributed by atoms with Gasteiger partial charge in [0.2, 0.25) is 0 Å². The Balaban J connectivity index is 2.32. The van der Waals surface area contributed by atoms with Crippen LogP contribution in [0.5, 0.6) is 5.75 Å². The van der Waals surface area contributed by atoms with Gasteiger partial charge >= 0.3 is 12.1 Å². The molecule has 0 amide bonds. The Kier molecular flexibility index (Phi) is 2.98. The molecule has 7 heteroatoms. The summed E-state index contributed by atoms with van der Waals surface area (Å²) in [6, 6.07) is 3.01. The van der Waals surface area contributed by atoms with E-state index in [-0.39, 0.29) is 23.4 Å². The Morgan fingerprint density at radius 2 is 2.17 bits per heavy atom. The number of esters is 1. The zero-order valence-corrected chi connectivity index (χ0v) is 9.25. The monoisotopic (exact) mass is 259 g/mol. The number of halogens is 3. The molecule has 0 saturated carbocycles. The molecule has 1 aliphatic heterocycles. The van der Waals surface area contributed by atoms with E-state index < -0.39 is 17.7 Å². The van der Waals surface area contributed by atoms with Gasteiger partial charge in [0, 0.05) is 12.0 Å². The molecule has 1 heterocycles. The second kappa shape index (κ2) is 4.32. The molecule has 0 unspecified atom stereocenters. The average molecular weight is 259 g/mol. The molecular weight excluding hydrogens is 251 g/mol. The van der Waals surface area contributed by atoms with E-state index in [9.17, 15) is 18.0 Å². The molecule has 1 aliphatic rings. The zero-order valence-electron chi connectivity index (χ0n) is 9.25. The molecule has 0 bridgehead atoms. The van der Waals surface area contributed by atoms with Gasteiger partial charge in [-0.2, -0.15) is 13.2 Å². The molecule has 0 saturated heterocycles. The molecular formula is C11H8F3NO3. The Morgan fingerprint density at radius 3 is 2.78 bits per heavy atom. The highest BCUT2D eigenvalue weighted by atomic mass is 19.4. The third-order valence-electron chi connectivity index (χ3n) is 2.42. The number of oxime groups is 1. The van der Waals surface area contributed by atoms with Crippen molar-refractivity contribution in [2.75, 3.05) is 7.11 Å². The van der Waals surface area contributed by atoms with Crippen molar-refractivity contribution in [3.63, 3.8) is 0 Å². The summed E-state index contributed by atoms with van der Waals surface area (Å²) in [6.45, 7) is 0. The number of hydrogen-bond acceptors (Lipinski definition) is 4. The number of carbonyl (C=O) groups excluding carboxylic acids is 1. The number of nitrogens with zero attached hydrogens (tertiary/aromatic N) is 1. The standard InChI is InChI=1S/C11H8F3NO3/c1-17-10(16)8-5-6-4-7(11(12,13)14)2-3-9(6)18-15-8/h2-4H,5H2,1H3. The lowest BCUT2D eigenvalue weighted by molar-refractivity contribution is -0.137. The third kappa shape index (κ3) is 2.29. The van der Waals surface area contributed by atoms with Gasteiger partial charge in [-0.25, -0.2) is 4.79 Å². The minimum atomic E-state index is -4.44. The first-order valence-electron chi connectivity index (χ1n) is 4.94. The highest BCUT2D eigenvalue weighted by molar-refractivity contribution is 6.37. The Hall–Kier alpha value is -2.05. The van der Waals surface area contributed by atoms with Crippen LogP contribution in [0, 0.1) is 0 Å². The summed E-state index contributed by atoms with van der Waals surface area (Å²) in [5.41, 5.74) is -0.611. The lowest BCUT2D eigenvalue weighted by Crippen LogP contribution is -2.23. The van der Waals surface area contributed by atoms with Gasteiger partial charge in [-0.05, 0) is 18.2 Å². The summed E-state index contributed by atoms with van der Waals surface area (Å²) >= 11 is 0. The second-order valence-corrected chi connectivity index (χ2v) is 3.62. The number of ether oxygens (including phenoxy) is 1. The molecule has 2 rings (SSSR count). The van der Waals surface area contributed by atoms with Crippen LogP contribution in [0.3, 0.4) is 0 Å². The third-order valence-corrected chi connectivity index (χ3v) is 2.42. The van der Waals surface area contributed by atoms with Gasteiger partial charge < -0.3 is 9.57 Å². The SMILES string of the molecule is COC(=O)C1=NOc2ccc(C(F)(F)F)cc2C1. The molecule has 4 nitrogen and oxygen atoms in total. The maximum Gasteiger partial charge on any atom is 0.416 e. The van der Waals surface area contributed by atoms with Gasteiger partial charge in [0.25, 0.3) is 0 Å². The van der Waals surface area contributed by atoms with E-state index in [1.165, 1.54) is 6.07 Å². The van der Waals surface area contributed by atoms with Crippen molar-refractivity contribution in [3.05, 3.63) is 29.3 Å². The first-order valence-corrected chi connectivity index (χ1v) is 4.94. The minimum Gasteiger partial charge on any atom is -0.464 e. The number of alkyl halides is 3. The van der Waals surface area contributed by atoms with E-state index in [0.717, 1.165) is 19.2 Å². The van der Waals surface area contributed by atoms with E-state index in [0.29, 0.717) is 0 Å². The van der Waals surface area contributed by atoms with Crippen molar-refractivity contribution in [2.24, 2.45) is 5.16 Å². The maximum atomic E-state index is 12.5. The largest absolute Gasteiger partial charge is 0.464 e. The van der Waals surface area contributed by atoms with E-state index in [4.69, 9.17) is 4.84 Å². The van der Waals surface area contributed by atoms with Crippen LogP contribution in [0.2, 0.25) is 0 Å². The molecule has 0 aliphatic carbocycles. The topological polar surface area (TPSA) is 47.9 Å². The molecule has 0 atom stereocenters. The van der Waals surface area contributed by atoms with Gasteiger partial charge in [-0.3, -0.25) is 0 Å². The van der Waals surface area contributed by atoms with E-state index in [1.807, 2.05) is 0 Å². The molecule has 1 aromatic carbocycles. The van der Waals surface area contributed by atoms with Gasteiger partial charge in [0.15, 0.2) is 11.5 Å². The van der Waals surface area contributed by atoms with Crippen LogP contribution >= 0.6 is 0 Å². The molecule has 96 valence electrons. The van der Waals surface area contributed by atoms with Crippen molar-refractivity contribution in [2.45, 2.75) is 12.6 Å². The molecule has 1 aromatic rings. The fourth-order valence-corrected chi connectivity index (χ4v) is 1.53. The van der Waals surface area contributed by atoms with Gasteiger partial charge in [0.05, 0.1) is 12.7 Å². The predicted octanol–water partition coefficient (Wildman–Crippen LogP) is 2.17. The summed E-state index contributed by atoms with van der Waals surface area (Å²) in [4.78, 5) is 16.0. The van der Waals surface area contributed by atoms with Crippen LogP contribution in [-0.4, -0.2) is 18.8 Å². The van der Waals surface area contributed by atoms with Crippen LogP contribution in [-0.2, 0) is 22.1 Å². The number of benzene rings is 1. The summed E-state index contributed by atoms with van der Waals surface area (Å²) in [7, 11) is 1.16. The lowest BCUT2D eigenvalue weighted by atomic mass is 10.0. The van der Waals surface area contributed by atoms with E-state index >= 15 is 0 Å². The number of hydrogen-bond donors (Lipinski definition) is 0. The van der Waals surface area contributed by atoms with Crippen molar-refractivity contribution in [1.29, 1.82) is 0 Å². The number of fused-ring (bicyclic) bond motifs is 1. The number of carbonyl (C=O) groups is 1. The Bertz CT molecular complexity index is 523. The minimum absolute atomic E-state index is 0.0497. The van der Waals surface area contributed by atoms with Crippen LogP contribution in [0.25, 0.3) is 0 Å². The predicted molar refractivity (Wildman–Crippen MR) is 55.2 cm³/mol. The summed E-state index contributed by atoms with van der Waals surface area (Å²) in [5, 5.41) is 3.49. The molecule has 0 aromatic heterocycles. The Morgan fingerprint density at radius 1 is 1.44 bits per heavy atom. The molecule has 0 N–H and O–H groups in total. The normalized spacial score (nSPS) is 14.3. The molecule has 0 fully saturated rings. The van der Waals surface area contributed by atoms with Crippen LogP contribution in [0.15, 0.2) is 23.4 Å². The maximum absolute atomic E-state index is 12.5. The van der Waals surface area contributed by atoms with E-state index in [1.54, 1.807) is 0 Å². The first-order chi connectivity index (χ1) is 8.41. The molecule has 0 radical (unpaired) electrons. The quantitative estimate of drug-likeness (QED) is 0.726. The Labute approximate surface area is 100.0 Å². The highest BCUT2D eigenvalue weighted by Gasteiger charge is 2.32. The highest BCUT2D eigenvalue weighted by Crippen LogP contribution is 2.33. The fraction of sp³-hybridized carbons (Fsp3) is 0.273. The average Bonchev–Trinajstić information content (AvgIpc) is 2.35. The fourth-order valence-electron chi connectivity index (χ4n) is 1.53. The molecule has 0 spiro atoms. The summed E-state index contributed by atoms with van der Waals surface area (Å²) in [6.07, 6.45) is -4.49. The van der Waals surface area contributed by atoms with E-state index in [2.05, 4.69) is 9.89 Å². The first kappa shape index (κ1) is 12.4. The number of methoxy groups -OCH3 is 1. The van der Waals surface area contributed by atoms with Crippen LogP contribution < -0.4 is 4.84 Å². The van der Waals surface area contributed by atoms with Gasteiger partial charge in [-0.1, -0.05) is 5.16 Å². The van der Waals surface area contributed by atoms with Gasteiger partial charge in [-0.15, -0.1) is 0 Å². The summed E-state index contributed by atoms with van der Waals surface area (Å²) in [5.74, 6) is -0.520. The van der Waals surface area contributed by atoms with Crippen LogP contribution in [0.1, 0.15) is 11.1 Å². The smallest absolute Gasteiger partial charge is 0.416 e. The van der Waals surface area contributed by atoms with Crippen molar-refractivity contribution in [3.8, 4) is 5.75 Å². The number of rotatable bonds is 1. The van der Waals surface area contributed by atoms with Gasteiger partial charge in [0.1, 0.15) is 0 Å². The zero-order chi connectivity index (χ0) is 13.3. The van der Waals surface area contributed by atoms with Crippen LogP contribution in [0.4, 0.5) is 13.2 Å². The van der Waals surface area contributed by atoms with Crippen molar-refractivity contribution < 1.29 is 27.5 Å².